The average Bonchev–Trinajstić information content (AvgIpc) is 2.75. The predicted octanol–water partition coefficient (Wildman–Crippen LogP) is 3.27. The van der Waals surface area contributed by atoms with Gasteiger partial charge in [-0.15, -0.1) is 0 Å². The number of piperidine rings is 2. The Kier molecular flexibility index (Phi) is 6.16. The quantitative estimate of drug-likeness (QED) is 0.765. The number of carbonyl (C=O) groups is 3. The predicted molar refractivity (Wildman–Crippen MR) is 113 cm³/mol. The fourth-order valence-electron chi connectivity index (χ4n) is 5.01. The zero-order valence-corrected chi connectivity index (χ0v) is 17.0. The Morgan fingerprint density at radius 3 is 2.24 bits per heavy atom. The molecule has 2 saturated heterocycles. The molecular formula is C23H31N3O3. The average molecular weight is 398 g/mol. The topological polar surface area (TPSA) is 78.5 Å². The highest BCUT2D eigenvalue weighted by Gasteiger charge is 2.42. The van der Waals surface area contributed by atoms with Crippen molar-refractivity contribution in [3.05, 3.63) is 24.3 Å². The van der Waals surface area contributed by atoms with E-state index in [0.717, 1.165) is 44.5 Å². The summed E-state index contributed by atoms with van der Waals surface area (Å²) in [6.45, 7) is 2.12. The van der Waals surface area contributed by atoms with Crippen LogP contribution >= 0.6 is 0 Å². The second-order valence-electron chi connectivity index (χ2n) is 8.70. The van der Waals surface area contributed by atoms with Crippen LogP contribution in [-0.2, 0) is 14.4 Å². The number of amides is 2. The monoisotopic (exact) mass is 397 g/mol. The Morgan fingerprint density at radius 2 is 1.59 bits per heavy atom. The molecule has 1 aliphatic carbocycles. The molecule has 6 nitrogen and oxygen atoms in total. The van der Waals surface area contributed by atoms with Gasteiger partial charge in [-0.05, 0) is 62.3 Å². The van der Waals surface area contributed by atoms with E-state index in [9.17, 15) is 14.4 Å². The summed E-state index contributed by atoms with van der Waals surface area (Å²) in [5, 5.41) is 5.72. The lowest BCUT2D eigenvalue weighted by Crippen LogP contribution is -2.55. The first kappa shape index (κ1) is 19.9. The summed E-state index contributed by atoms with van der Waals surface area (Å²) in [4.78, 5) is 40.2. The van der Waals surface area contributed by atoms with Crippen LogP contribution in [0.25, 0.3) is 0 Å². The molecule has 0 spiro atoms. The lowest BCUT2D eigenvalue weighted by atomic mass is 9.78. The van der Waals surface area contributed by atoms with E-state index < -0.39 is 17.7 Å². The van der Waals surface area contributed by atoms with Crippen molar-refractivity contribution >= 4 is 29.0 Å². The van der Waals surface area contributed by atoms with Gasteiger partial charge in [0.25, 0.3) is 0 Å². The number of ketones is 1. The van der Waals surface area contributed by atoms with E-state index in [1.807, 2.05) is 24.3 Å². The smallest absolute Gasteiger partial charge is 0.244 e. The van der Waals surface area contributed by atoms with Crippen LogP contribution in [0.2, 0.25) is 0 Å². The van der Waals surface area contributed by atoms with E-state index in [2.05, 4.69) is 15.5 Å². The van der Waals surface area contributed by atoms with Gasteiger partial charge in [0, 0.05) is 36.9 Å². The number of Topliss-reactive ketones (excluding diaryl/α,β-unsaturated/α-hetero) is 1. The molecule has 3 aliphatic rings. The lowest BCUT2D eigenvalue weighted by Gasteiger charge is -2.35. The molecule has 3 fully saturated rings. The van der Waals surface area contributed by atoms with Crippen molar-refractivity contribution < 1.29 is 14.4 Å². The van der Waals surface area contributed by atoms with Gasteiger partial charge in [-0.25, -0.2) is 0 Å². The van der Waals surface area contributed by atoms with E-state index in [-0.39, 0.29) is 18.2 Å². The molecular weight excluding hydrogens is 366 g/mol. The Hall–Kier alpha value is -2.37. The van der Waals surface area contributed by atoms with Crippen molar-refractivity contribution in [2.24, 2.45) is 11.8 Å². The largest absolute Gasteiger partial charge is 0.372 e. The van der Waals surface area contributed by atoms with Crippen LogP contribution in [0.1, 0.15) is 57.8 Å². The second-order valence-corrected chi connectivity index (χ2v) is 8.70. The van der Waals surface area contributed by atoms with Crippen molar-refractivity contribution in [2.75, 3.05) is 23.3 Å². The summed E-state index contributed by atoms with van der Waals surface area (Å²) in [7, 11) is 0. The first-order valence-electron chi connectivity index (χ1n) is 11.1. The molecule has 2 aliphatic heterocycles. The van der Waals surface area contributed by atoms with Crippen LogP contribution in [0.4, 0.5) is 11.4 Å². The molecule has 1 aromatic carbocycles. The highest BCUT2D eigenvalue weighted by atomic mass is 16.2. The van der Waals surface area contributed by atoms with Gasteiger partial charge in [-0.3, -0.25) is 14.4 Å². The van der Waals surface area contributed by atoms with E-state index in [0.29, 0.717) is 11.6 Å². The van der Waals surface area contributed by atoms with Crippen LogP contribution in [0.5, 0.6) is 0 Å². The van der Waals surface area contributed by atoms with Crippen LogP contribution in [-0.4, -0.2) is 36.7 Å². The van der Waals surface area contributed by atoms with Crippen molar-refractivity contribution in [3.8, 4) is 0 Å². The molecule has 4 rings (SSSR count). The molecule has 1 saturated carbocycles. The number of rotatable bonds is 4. The van der Waals surface area contributed by atoms with E-state index in [4.69, 9.17) is 0 Å². The summed E-state index contributed by atoms with van der Waals surface area (Å²) in [6.07, 6.45) is 9.61. The third-order valence-electron chi connectivity index (χ3n) is 6.67. The lowest BCUT2D eigenvalue weighted by molar-refractivity contribution is -0.143. The van der Waals surface area contributed by atoms with Gasteiger partial charge in [0.15, 0.2) is 11.7 Å². The van der Waals surface area contributed by atoms with Gasteiger partial charge >= 0.3 is 0 Å². The van der Waals surface area contributed by atoms with Crippen LogP contribution in [0.3, 0.4) is 0 Å². The van der Waals surface area contributed by atoms with Crippen molar-refractivity contribution in [2.45, 2.75) is 63.8 Å². The molecule has 29 heavy (non-hydrogen) atoms. The zero-order chi connectivity index (χ0) is 20.2. The Balaban J connectivity index is 1.35. The third kappa shape index (κ3) is 4.62. The Morgan fingerprint density at radius 1 is 0.931 bits per heavy atom. The molecule has 2 N–H and O–H groups in total. The van der Waals surface area contributed by atoms with Gasteiger partial charge in [0.2, 0.25) is 11.8 Å². The van der Waals surface area contributed by atoms with Crippen LogP contribution < -0.4 is 15.5 Å². The van der Waals surface area contributed by atoms with Gasteiger partial charge in [-0.2, -0.15) is 0 Å². The number of anilines is 2. The molecule has 156 valence electrons. The summed E-state index contributed by atoms with van der Waals surface area (Å²) in [5.74, 6) is -2.11. The molecule has 0 radical (unpaired) electrons. The minimum Gasteiger partial charge on any atom is -0.372 e. The molecule has 2 amide bonds. The Labute approximate surface area is 172 Å². The highest BCUT2D eigenvalue weighted by Crippen LogP contribution is 2.30. The maximum Gasteiger partial charge on any atom is 0.244 e. The minimum absolute atomic E-state index is 0.108. The molecule has 0 aromatic heterocycles. The number of nitrogens with zero attached hydrogens (tertiary/aromatic N) is 1. The summed E-state index contributed by atoms with van der Waals surface area (Å²) >= 11 is 0. The number of carbonyl (C=O) groups excluding carboxylic acids is 3. The molecule has 1 aromatic rings. The first-order chi connectivity index (χ1) is 14.1. The molecule has 2 unspecified atom stereocenters. The van der Waals surface area contributed by atoms with Crippen LogP contribution in [0.15, 0.2) is 24.3 Å². The molecule has 0 bridgehead atoms. The van der Waals surface area contributed by atoms with Gasteiger partial charge in [-0.1, -0.05) is 19.3 Å². The van der Waals surface area contributed by atoms with Crippen LogP contribution in [0, 0.1) is 11.8 Å². The maximum absolute atomic E-state index is 12.7. The second kappa shape index (κ2) is 8.97. The highest BCUT2D eigenvalue weighted by molar-refractivity contribution is 6.22. The van der Waals surface area contributed by atoms with Gasteiger partial charge < -0.3 is 15.5 Å². The molecule has 2 heterocycles. The van der Waals surface area contributed by atoms with E-state index in [1.54, 1.807) is 0 Å². The van der Waals surface area contributed by atoms with Crippen molar-refractivity contribution in [1.29, 1.82) is 0 Å². The normalized spacial score (nSPS) is 26.1. The zero-order valence-electron chi connectivity index (χ0n) is 17.0. The molecule has 6 heteroatoms. The van der Waals surface area contributed by atoms with E-state index in [1.165, 1.54) is 25.7 Å². The third-order valence-corrected chi connectivity index (χ3v) is 6.67. The first-order valence-corrected chi connectivity index (χ1v) is 11.1. The van der Waals surface area contributed by atoms with E-state index >= 15 is 0 Å². The van der Waals surface area contributed by atoms with Gasteiger partial charge in [0.05, 0.1) is 0 Å². The maximum atomic E-state index is 12.7. The van der Waals surface area contributed by atoms with Crippen molar-refractivity contribution in [3.63, 3.8) is 0 Å². The number of hydrogen-bond acceptors (Lipinski definition) is 4. The standard InChI is InChI=1S/C23H31N3O3/c27-20-15-19(16-7-3-1-4-8-16)25-23(29)21(20)22(28)24-17-9-11-18(12-10-17)26-13-5-2-6-14-26/h9-12,16,19,21H,1-8,13-15H2,(H,24,28)(H,25,29). The summed E-state index contributed by atoms with van der Waals surface area (Å²) < 4.78 is 0. The fraction of sp³-hybridized carbons (Fsp3) is 0.609. The fourth-order valence-corrected chi connectivity index (χ4v) is 5.01. The number of nitrogens with one attached hydrogen (secondary N) is 2. The molecule has 2 atom stereocenters. The summed E-state index contributed by atoms with van der Waals surface area (Å²) in [5.41, 5.74) is 1.76. The minimum atomic E-state index is -1.24. The van der Waals surface area contributed by atoms with Crippen molar-refractivity contribution in [1.82, 2.24) is 5.32 Å². The number of benzene rings is 1. The number of hydrogen-bond donors (Lipinski definition) is 2. The summed E-state index contributed by atoms with van der Waals surface area (Å²) in [6, 6.07) is 7.56. The Bertz CT molecular complexity index is 731. The van der Waals surface area contributed by atoms with Gasteiger partial charge in [0.1, 0.15) is 0 Å². The SMILES string of the molecule is O=C1CC(C2CCCCC2)NC(=O)C1C(=O)Nc1ccc(N2CCCCC2)cc1.